The average Bonchev–Trinajstić information content (AvgIpc) is 2.74. The van der Waals surface area contributed by atoms with Gasteiger partial charge >= 0.3 is 12.0 Å². The van der Waals surface area contributed by atoms with Gasteiger partial charge in [0.2, 0.25) is 0 Å². The molecule has 2 aliphatic rings. The molecule has 0 aliphatic carbocycles. The van der Waals surface area contributed by atoms with Crippen molar-refractivity contribution in [2.24, 2.45) is 5.92 Å². The standard InChI is InChI=1S/C13H22N2O4/c1-8-3-5-15(11(7-8)12(16)17)13(18)14-10-4-6-19-9(10)2/h8-11H,3-7H2,1-2H3,(H,14,18)(H,16,17). The fourth-order valence-corrected chi connectivity index (χ4v) is 2.78. The maximum absolute atomic E-state index is 12.2. The molecule has 0 aromatic rings. The summed E-state index contributed by atoms with van der Waals surface area (Å²) in [6.07, 6.45) is 2.17. The number of urea groups is 1. The van der Waals surface area contributed by atoms with Gasteiger partial charge in [0, 0.05) is 13.2 Å². The number of carbonyl (C=O) groups excluding carboxylic acids is 1. The van der Waals surface area contributed by atoms with Crippen molar-refractivity contribution in [3.63, 3.8) is 0 Å². The molecule has 0 saturated carbocycles. The molecule has 2 heterocycles. The Morgan fingerprint density at radius 2 is 2.05 bits per heavy atom. The van der Waals surface area contributed by atoms with Crippen molar-refractivity contribution in [1.29, 1.82) is 0 Å². The van der Waals surface area contributed by atoms with E-state index in [9.17, 15) is 14.7 Å². The number of rotatable bonds is 2. The van der Waals surface area contributed by atoms with Gasteiger partial charge in [0.15, 0.2) is 0 Å². The van der Waals surface area contributed by atoms with E-state index in [1.54, 1.807) is 0 Å². The zero-order chi connectivity index (χ0) is 14.0. The van der Waals surface area contributed by atoms with Gasteiger partial charge in [-0.05, 0) is 32.1 Å². The van der Waals surface area contributed by atoms with Gasteiger partial charge in [-0.2, -0.15) is 0 Å². The first-order chi connectivity index (χ1) is 8.99. The second kappa shape index (κ2) is 5.77. The minimum absolute atomic E-state index is 0.00376. The SMILES string of the molecule is CC1CCN(C(=O)NC2CCOC2C)C(C(=O)O)C1. The summed E-state index contributed by atoms with van der Waals surface area (Å²) in [5.74, 6) is -0.573. The zero-order valence-corrected chi connectivity index (χ0v) is 11.5. The molecule has 0 radical (unpaired) electrons. The van der Waals surface area contributed by atoms with Crippen molar-refractivity contribution in [1.82, 2.24) is 10.2 Å². The van der Waals surface area contributed by atoms with Crippen LogP contribution in [0.1, 0.15) is 33.1 Å². The first-order valence-electron chi connectivity index (χ1n) is 6.90. The smallest absolute Gasteiger partial charge is 0.326 e. The number of carbonyl (C=O) groups is 2. The van der Waals surface area contributed by atoms with E-state index in [1.807, 2.05) is 13.8 Å². The third kappa shape index (κ3) is 3.18. The molecule has 2 amide bonds. The number of nitrogens with one attached hydrogen (secondary N) is 1. The van der Waals surface area contributed by atoms with Crippen LogP contribution >= 0.6 is 0 Å². The molecule has 2 fully saturated rings. The van der Waals surface area contributed by atoms with Crippen LogP contribution in [0, 0.1) is 5.92 Å². The number of piperidine rings is 1. The van der Waals surface area contributed by atoms with Gasteiger partial charge in [-0.15, -0.1) is 0 Å². The summed E-state index contributed by atoms with van der Waals surface area (Å²) < 4.78 is 5.40. The minimum atomic E-state index is -0.919. The lowest BCUT2D eigenvalue weighted by atomic mass is 9.92. The lowest BCUT2D eigenvalue weighted by Crippen LogP contribution is -2.55. The number of hydrogen-bond donors (Lipinski definition) is 2. The maximum atomic E-state index is 12.2. The number of likely N-dealkylation sites (tertiary alicyclic amines) is 1. The first-order valence-corrected chi connectivity index (χ1v) is 6.90. The van der Waals surface area contributed by atoms with E-state index in [4.69, 9.17) is 4.74 Å². The Labute approximate surface area is 113 Å². The van der Waals surface area contributed by atoms with Crippen LogP contribution < -0.4 is 5.32 Å². The van der Waals surface area contributed by atoms with E-state index in [2.05, 4.69) is 5.32 Å². The first kappa shape index (κ1) is 14.1. The number of carboxylic acids is 1. The molecule has 108 valence electrons. The van der Waals surface area contributed by atoms with Crippen LogP contribution in [0.4, 0.5) is 4.79 Å². The highest BCUT2D eigenvalue weighted by Gasteiger charge is 2.36. The molecule has 2 rings (SSSR count). The van der Waals surface area contributed by atoms with Crippen LogP contribution in [-0.2, 0) is 9.53 Å². The van der Waals surface area contributed by atoms with Gasteiger partial charge < -0.3 is 20.1 Å². The average molecular weight is 270 g/mol. The van der Waals surface area contributed by atoms with Crippen molar-refractivity contribution in [3.8, 4) is 0 Å². The third-order valence-corrected chi connectivity index (χ3v) is 4.10. The Balaban J connectivity index is 1.98. The number of aliphatic carboxylic acids is 1. The predicted octanol–water partition coefficient (Wildman–Crippen LogP) is 1.06. The summed E-state index contributed by atoms with van der Waals surface area (Å²) in [5.41, 5.74) is 0. The Morgan fingerprint density at radius 3 is 2.63 bits per heavy atom. The van der Waals surface area contributed by atoms with Gasteiger partial charge in [0.1, 0.15) is 6.04 Å². The lowest BCUT2D eigenvalue weighted by Gasteiger charge is -2.36. The van der Waals surface area contributed by atoms with E-state index in [0.717, 1.165) is 12.8 Å². The van der Waals surface area contributed by atoms with Crippen molar-refractivity contribution in [3.05, 3.63) is 0 Å². The summed E-state index contributed by atoms with van der Waals surface area (Å²) in [6.45, 7) is 5.10. The second-order valence-electron chi connectivity index (χ2n) is 5.60. The van der Waals surface area contributed by atoms with E-state index in [0.29, 0.717) is 25.5 Å². The third-order valence-electron chi connectivity index (χ3n) is 4.10. The highest BCUT2D eigenvalue weighted by atomic mass is 16.5. The van der Waals surface area contributed by atoms with Crippen molar-refractivity contribution in [2.45, 2.75) is 51.3 Å². The summed E-state index contributed by atoms with van der Waals surface area (Å²) >= 11 is 0. The largest absolute Gasteiger partial charge is 0.480 e. The van der Waals surface area contributed by atoms with Crippen molar-refractivity contribution < 1.29 is 19.4 Å². The quantitative estimate of drug-likeness (QED) is 0.786. The zero-order valence-electron chi connectivity index (χ0n) is 11.5. The molecule has 6 nitrogen and oxygen atoms in total. The Bertz CT molecular complexity index is 361. The highest BCUT2D eigenvalue weighted by molar-refractivity contribution is 5.83. The van der Waals surface area contributed by atoms with E-state index >= 15 is 0 Å². The van der Waals surface area contributed by atoms with E-state index in [-0.39, 0.29) is 18.2 Å². The molecule has 6 heteroatoms. The minimum Gasteiger partial charge on any atom is -0.480 e. The number of carboxylic acid groups (broad SMARTS) is 1. The van der Waals surface area contributed by atoms with Crippen LogP contribution in [0.25, 0.3) is 0 Å². The van der Waals surface area contributed by atoms with Gasteiger partial charge in [-0.1, -0.05) is 6.92 Å². The highest BCUT2D eigenvalue weighted by Crippen LogP contribution is 2.23. The van der Waals surface area contributed by atoms with Crippen molar-refractivity contribution in [2.75, 3.05) is 13.2 Å². The molecular weight excluding hydrogens is 248 g/mol. The van der Waals surface area contributed by atoms with E-state index in [1.165, 1.54) is 4.90 Å². The fourth-order valence-electron chi connectivity index (χ4n) is 2.78. The Kier molecular flexibility index (Phi) is 4.29. The number of nitrogens with zero attached hydrogens (tertiary/aromatic N) is 1. The van der Waals surface area contributed by atoms with Gasteiger partial charge in [0.05, 0.1) is 12.1 Å². The normalized spacial score (nSPS) is 35.2. The number of ether oxygens (including phenoxy) is 1. The van der Waals surface area contributed by atoms with E-state index < -0.39 is 12.0 Å². The van der Waals surface area contributed by atoms with Gasteiger partial charge in [0.25, 0.3) is 0 Å². The lowest BCUT2D eigenvalue weighted by molar-refractivity contribution is -0.143. The molecule has 2 N–H and O–H groups in total. The van der Waals surface area contributed by atoms with Gasteiger partial charge in [-0.3, -0.25) is 0 Å². The summed E-state index contributed by atoms with van der Waals surface area (Å²) in [5, 5.41) is 12.1. The molecule has 19 heavy (non-hydrogen) atoms. The molecule has 0 spiro atoms. The monoisotopic (exact) mass is 270 g/mol. The van der Waals surface area contributed by atoms with Crippen LogP contribution in [0.3, 0.4) is 0 Å². The summed E-state index contributed by atoms with van der Waals surface area (Å²) in [6, 6.07) is -0.996. The van der Waals surface area contributed by atoms with Gasteiger partial charge in [-0.25, -0.2) is 9.59 Å². The molecule has 0 bridgehead atoms. The second-order valence-corrected chi connectivity index (χ2v) is 5.60. The molecular formula is C13H22N2O4. The molecule has 4 unspecified atom stereocenters. The molecule has 0 aromatic heterocycles. The predicted molar refractivity (Wildman–Crippen MR) is 68.9 cm³/mol. The number of hydrogen-bond acceptors (Lipinski definition) is 3. The Hall–Kier alpha value is -1.30. The maximum Gasteiger partial charge on any atom is 0.326 e. The summed E-state index contributed by atoms with van der Waals surface area (Å²) in [4.78, 5) is 24.9. The summed E-state index contributed by atoms with van der Waals surface area (Å²) in [7, 11) is 0. The molecule has 2 saturated heterocycles. The van der Waals surface area contributed by atoms with Crippen LogP contribution in [0.2, 0.25) is 0 Å². The molecule has 4 atom stereocenters. The molecule has 0 aromatic carbocycles. The van der Waals surface area contributed by atoms with Crippen LogP contribution in [0.5, 0.6) is 0 Å². The molecule has 2 aliphatic heterocycles. The Morgan fingerprint density at radius 1 is 1.32 bits per heavy atom. The number of amides is 2. The topological polar surface area (TPSA) is 78.9 Å². The van der Waals surface area contributed by atoms with Crippen molar-refractivity contribution >= 4 is 12.0 Å². The van der Waals surface area contributed by atoms with Crippen LogP contribution in [-0.4, -0.2) is 53.3 Å². The van der Waals surface area contributed by atoms with Crippen LogP contribution in [0.15, 0.2) is 0 Å². The fraction of sp³-hybridized carbons (Fsp3) is 0.846.